The summed E-state index contributed by atoms with van der Waals surface area (Å²) in [6.07, 6.45) is 6.99. The van der Waals surface area contributed by atoms with Crippen molar-refractivity contribution in [2.24, 2.45) is 11.3 Å². The second kappa shape index (κ2) is 11.1. The zero-order chi connectivity index (χ0) is 27.0. The minimum atomic E-state index is -0.815. The Bertz CT molecular complexity index is 1140. The third kappa shape index (κ3) is 5.42. The standard InChI is InChI=1S/C31H45FN4O2/c1-5-27-29(28-11-6-7-14-36(28)33-27)22-12-15-35(16-13-22)21(2)25-18-34(20-31(3,4)30(37)38)19-26(25)23-9-8-10-24(32)17-23/h8-10,17,21-22,25-26H,5-7,11-16,18-20H2,1-4H3,(H,37,38)/t21-,25-,26-/m1/s1. The lowest BCUT2D eigenvalue weighted by Crippen LogP contribution is -2.45. The lowest BCUT2D eigenvalue weighted by atomic mass is 9.81. The zero-order valence-electron chi connectivity index (χ0n) is 23.6. The number of aryl methyl sites for hydroxylation is 2. The normalized spacial score (nSPS) is 24.4. The van der Waals surface area contributed by atoms with Gasteiger partial charge in [-0.3, -0.25) is 9.48 Å². The van der Waals surface area contributed by atoms with Crippen molar-refractivity contribution in [3.63, 3.8) is 0 Å². The third-order valence-electron chi connectivity index (χ3n) is 9.59. The molecule has 6 nitrogen and oxygen atoms in total. The van der Waals surface area contributed by atoms with Gasteiger partial charge in [-0.1, -0.05) is 19.1 Å². The summed E-state index contributed by atoms with van der Waals surface area (Å²) in [4.78, 5) is 16.8. The predicted octanol–water partition coefficient (Wildman–Crippen LogP) is 5.32. The van der Waals surface area contributed by atoms with Gasteiger partial charge in [-0.25, -0.2) is 4.39 Å². The van der Waals surface area contributed by atoms with Crippen molar-refractivity contribution in [2.45, 2.75) is 90.6 Å². The number of nitrogens with zero attached hydrogens (tertiary/aromatic N) is 4. The lowest BCUT2D eigenvalue weighted by molar-refractivity contribution is -0.147. The van der Waals surface area contributed by atoms with Crippen LogP contribution in [-0.4, -0.2) is 69.4 Å². The van der Waals surface area contributed by atoms with E-state index in [2.05, 4.69) is 28.3 Å². The number of piperidine rings is 1. The molecule has 2 fully saturated rings. The van der Waals surface area contributed by atoms with Gasteiger partial charge >= 0.3 is 5.97 Å². The monoisotopic (exact) mass is 524 g/mol. The molecule has 0 bridgehead atoms. The topological polar surface area (TPSA) is 61.6 Å². The number of hydrogen-bond acceptors (Lipinski definition) is 4. The molecule has 4 heterocycles. The molecule has 1 N–H and O–H groups in total. The first-order valence-electron chi connectivity index (χ1n) is 14.7. The predicted molar refractivity (Wildman–Crippen MR) is 148 cm³/mol. The van der Waals surface area contributed by atoms with Gasteiger partial charge in [0.2, 0.25) is 0 Å². The average molecular weight is 525 g/mol. The molecule has 1 aromatic carbocycles. The number of likely N-dealkylation sites (tertiary alicyclic amines) is 2. The van der Waals surface area contributed by atoms with Crippen LogP contribution < -0.4 is 0 Å². The maximum atomic E-state index is 14.2. The minimum absolute atomic E-state index is 0.192. The van der Waals surface area contributed by atoms with Crippen LogP contribution in [0.25, 0.3) is 0 Å². The first kappa shape index (κ1) is 27.3. The van der Waals surface area contributed by atoms with E-state index >= 15 is 0 Å². The highest BCUT2D eigenvalue weighted by Gasteiger charge is 2.42. The molecule has 208 valence electrons. The molecule has 2 saturated heterocycles. The Morgan fingerprint density at radius 3 is 2.63 bits per heavy atom. The number of rotatable bonds is 8. The molecule has 5 rings (SSSR count). The van der Waals surface area contributed by atoms with E-state index in [0.29, 0.717) is 24.4 Å². The van der Waals surface area contributed by atoms with E-state index < -0.39 is 11.4 Å². The molecule has 1 aromatic heterocycles. The van der Waals surface area contributed by atoms with Gasteiger partial charge in [0.1, 0.15) is 5.82 Å². The fourth-order valence-corrected chi connectivity index (χ4v) is 7.41. The number of aliphatic carboxylic acids is 1. The summed E-state index contributed by atoms with van der Waals surface area (Å²) < 4.78 is 16.5. The van der Waals surface area contributed by atoms with E-state index in [-0.39, 0.29) is 11.7 Å². The van der Waals surface area contributed by atoms with Crippen molar-refractivity contribution in [2.75, 3.05) is 32.7 Å². The fourth-order valence-electron chi connectivity index (χ4n) is 7.41. The minimum Gasteiger partial charge on any atom is -0.481 e. The maximum absolute atomic E-state index is 14.2. The number of carboxylic acids is 1. The van der Waals surface area contributed by atoms with E-state index in [0.717, 1.165) is 57.5 Å². The summed E-state index contributed by atoms with van der Waals surface area (Å²) in [5, 5.41) is 14.7. The van der Waals surface area contributed by atoms with Crippen molar-refractivity contribution >= 4 is 5.97 Å². The van der Waals surface area contributed by atoms with Crippen molar-refractivity contribution < 1.29 is 14.3 Å². The van der Waals surface area contributed by atoms with Gasteiger partial charge in [0.05, 0.1) is 11.1 Å². The second-order valence-corrected chi connectivity index (χ2v) is 12.6. The number of benzene rings is 1. The Balaban J connectivity index is 1.31. The lowest BCUT2D eigenvalue weighted by Gasteiger charge is -2.40. The fraction of sp³-hybridized carbons (Fsp3) is 0.677. The van der Waals surface area contributed by atoms with Crippen LogP contribution in [0.4, 0.5) is 4.39 Å². The van der Waals surface area contributed by atoms with E-state index in [4.69, 9.17) is 5.10 Å². The molecule has 0 unspecified atom stereocenters. The third-order valence-corrected chi connectivity index (χ3v) is 9.59. The van der Waals surface area contributed by atoms with Gasteiger partial charge in [-0.15, -0.1) is 0 Å². The van der Waals surface area contributed by atoms with E-state index in [1.54, 1.807) is 31.5 Å². The molecule has 0 amide bonds. The number of aromatic nitrogens is 2. The van der Waals surface area contributed by atoms with Crippen LogP contribution in [0.1, 0.15) is 87.7 Å². The van der Waals surface area contributed by atoms with Crippen molar-refractivity contribution in [1.29, 1.82) is 0 Å². The number of halogens is 1. The van der Waals surface area contributed by atoms with Crippen LogP contribution in [-0.2, 0) is 24.2 Å². The van der Waals surface area contributed by atoms with Gasteiger partial charge in [0.25, 0.3) is 0 Å². The Morgan fingerprint density at radius 2 is 1.95 bits per heavy atom. The molecule has 3 aliphatic rings. The molecule has 2 aromatic rings. The molecule has 0 radical (unpaired) electrons. The molecule has 0 aliphatic carbocycles. The molecule has 38 heavy (non-hydrogen) atoms. The van der Waals surface area contributed by atoms with Gasteiger partial charge in [-0.05, 0) is 107 Å². The van der Waals surface area contributed by atoms with Crippen LogP contribution in [0.5, 0.6) is 0 Å². The Hall–Kier alpha value is -2.25. The molecule has 0 spiro atoms. The first-order chi connectivity index (χ1) is 18.2. The molecule has 3 aliphatic heterocycles. The zero-order valence-corrected chi connectivity index (χ0v) is 23.6. The van der Waals surface area contributed by atoms with Crippen molar-refractivity contribution in [3.05, 3.63) is 52.6 Å². The van der Waals surface area contributed by atoms with Crippen LogP contribution in [0.3, 0.4) is 0 Å². The average Bonchev–Trinajstić information content (AvgIpc) is 3.49. The highest BCUT2D eigenvalue weighted by molar-refractivity contribution is 5.73. The molecular weight excluding hydrogens is 479 g/mol. The summed E-state index contributed by atoms with van der Waals surface area (Å²) >= 11 is 0. The van der Waals surface area contributed by atoms with Gasteiger partial charge < -0.3 is 14.9 Å². The Kier molecular flexibility index (Phi) is 7.97. The number of carbonyl (C=O) groups is 1. The first-order valence-corrected chi connectivity index (χ1v) is 14.7. The van der Waals surface area contributed by atoms with E-state index in [9.17, 15) is 14.3 Å². The van der Waals surface area contributed by atoms with Gasteiger partial charge in [-0.2, -0.15) is 5.10 Å². The highest BCUT2D eigenvalue weighted by atomic mass is 19.1. The summed E-state index contributed by atoms with van der Waals surface area (Å²) in [5.41, 5.74) is 4.59. The number of fused-ring (bicyclic) bond motifs is 1. The number of hydrogen-bond donors (Lipinski definition) is 1. The molecule has 7 heteroatoms. The Labute approximate surface area is 227 Å². The van der Waals surface area contributed by atoms with Gasteiger partial charge in [0, 0.05) is 43.8 Å². The van der Waals surface area contributed by atoms with Crippen LogP contribution in [0.15, 0.2) is 24.3 Å². The molecule has 3 atom stereocenters. The maximum Gasteiger partial charge on any atom is 0.310 e. The van der Waals surface area contributed by atoms with Crippen molar-refractivity contribution in [3.8, 4) is 0 Å². The quantitative estimate of drug-likeness (QED) is 0.507. The van der Waals surface area contributed by atoms with Crippen molar-refractivity contribution in [1.82, 2.24) is 19.6 Å². The van der Waals surface area contributed by atoms with E-state index in [1.165, 1.54) is 36.7 Å². The van der Waals surface area contributed by atoms with Crippen LogP contribution in [0.2, 0.25) is 0 Å². The highest BCUT2D eigenvalue weighted by Crippen LogP contribution is 2.41. The van der Waals surface area contributed by atoms with E-state index in [1.807, 2.05) is 6.07 Å². The SMILES string of the molecule is CCc1nn2c(c1C1CCN([C@H](C)[C@H]3CN(CC(C)(C)C(=O)O)C[C@@H]3c3cccc(F)c3)CC1)CCCC2. The molecular formula is C31H45FN4O2. The number of carboxylic acid groups (broad SMARTS) is 1. The van der Waals surface area contributed by atoms with Crippen LogP contribution in [0, 0.1) is 17.2 Å². The summed E-state index contributed by atoms with van der Waals surface area (Å²) in [7, 11) is 0. The summed E-state index contributed by atoms with van der Waals surface area (Å²) in [6, 6.07) is 7.37. The smallest absolute Gasteiger partial charge is 0.310 e. The Morgan fingerprint density at radius 1 is 1.18 bits per heavy atom. The van der Waals surface area contributed by atoms with Gasteiger partial charge in [0.15, 0.2) is 0 Å². The summed E-state index contributed by atoms with van der Waals surface area (Å²) in [6.45, 7) is 13.5. The largest absolute Gasteiger partial charge is 0.481 e. The summed E-state index contributed by atoms with van der Waals surface area (Å²) in [5.74, 6) is 0.138. The second-order valence-electron chi connectivity index (χ2n) is 12.6. The van der Waals surface area contributed by atoms with Crippen LogP contribution >= 0.6 is 0 Å². The molecule has 0 saturated carbocycles.